The van der Waals surface area contributed by atoms with Crippen LogP contribution >= 0.6 is 11.6 Å². The molecular weight excluding hydrogens is 352 g/mol. The van der Waals surface area contributed by atoms with Gasteiger partial charge in [-0.05, 0) is 38.8 Å². The first kappa shape index (κ1) is 20.0. The molecule has 1 aliphatic rings. The number of carbonyl (C=O) groups excluding carboxylic acids is 1. The van der Waals surface area contributed by atoms with Gasteiger partial charge in [0.25, 0.3) is 0 Å². The minimum Gasteiger partial charge on any atom is -0.475 e. The van der Waals surface area contributed by atoms with E-state index in [9.17, 15) is 4.79 Å². The van der Waals surface area contributed by atoms with Crippen LogP contribution in [0.3, 0.4) is 0 Å². The standard InChI is InChI=1S/C19H25ClN4O2/c1-4-7-15(5-2)13-26-14(3)24-11-6-8-17(24)19(25)23-12-16-18(20)22-10-9-21-16/h4-5,7,9-10,17H,3,6,8,11-13H2,1-2H3,(H,23,25)/b7-4-,15-5+. The van der Waals surface area contributed by atoms with Crippen LogP contribution in [0.15, 0.2) is 48.7 Å². The molecule has 0 bridgehead atoms. The van der Waals surface area contributed by atoms with Crippen LogP contribution in [0.25, 0.3) is 0 Å². The largest absolute Gasteiger partial charge is 0.475 e. The van der Waals surface area contributed by atoms with E-state index in [4.69, 9.17) is 16.3 Å². The van der Waals surface area contributed by atoms with Gasteiger partial charge >= 0.3 is 0 Å². The number of halogens is 1. The fraction of sp³-hybridized carbons (Fsp3) is 0.421. The van der Waals surface area contributed by atoms with Gasteiger partial charge in [-0.15, -0.1) is 0 Å². The van der Waals surface area contributed by atoms with Crippen molar-refractivity contribution in [3.8, 4) is 0 Å². The first-order valence-electron chi connectivity index (χ1n) is 8.66. The van der Waals surface area contributed by atoms with Crippen molar-refractivity contribution in [1.29, 1.82) is 0 Å². The third kappa shape index (κ3) is 5.33. The van der Waals surface area contributed by atoms with Gasteiger partial charge in [0, 0.05) is 18.9 Å². The number of allylic oxidation sites excluding steroid dienone is 2. The Hall–Kier alpha value is -2.34. The van der Waals surface area contributed by atoms with E-state index in [0.29, 0.717) is 23.3 Å². The minimum absolute atomic E-state index is 0.0892. The fourth-order valence-corrected chi connectivity index (χ4v) is 2.96. The monoisotopic (exact) mass is 376 g/mol. The number of likely N-dealkylation sites (tertiary alicyclic amines) is 1. The Bertz CT molecular complexity index is 703. The van der Waals surface area contributed by atoms with E-state index in [-0.39, 0.29) is 18.5 Å². The number of amides is 1. The molecule has 0 radical (unpaired) electrons. The smallest absolute Gasteiger partial charge is 0.243 e. The summed E-state index contributed by atoms with van der Waals surface area (Å²) >= 11 is 5.98. The number of ether oxygens (including phenoxy) is 1. The Morgan fingerprint density at radius 3 is 2.92 bits per heavy atom. The molecule has 0 aliphatic carbocycles. The van der Waals surface area contributed by atoms with E-state index < -0.39 is 0 Å². The lowest BCUT2D eigenvalue weighted by atomic mass is 10.2. The van der Waals surface area contributed by atoms with Crippen LogP contribution in [0.2, 0.25) is 5.15 Å². The molecule has 1 aliphatic heterocycles. The predicted molar refractivity (Wildman–Crippen MR) is 102 cm³/mol. The summed E-state index contributed by atoms with van der Waals surface area (Å²) in [6.07, 6.45) is 10.7. The van der Waals surface area contributed by atoms with Gasteiger partial charge < -0.3 is 15.0 Å². The first-order valence-corrected chi connectivity index (χ1v) is 9.04. The topological polar surface area (TPSA) is 67.3 Å². The Balaban J connectivity index is 1.90. The molecule has 1 aromatic rings. The maximum atomic E-state index is 12.6. The number of hydrogen-bond acceptors (Lipinski definition) is 5. The SMILES string of the molecule is C=C(OCC(/C=C\C)=C/C)N1CCCC1C(=O)NCc1nccnc1Cl. The Labute approximate surface area is 159 Å². The Morgan fingerprint density at radius 2 is 2.23 bits per heavy atom. The summed E-state index contributed by atoms with van der Waals surface area (Å²) in [7, 11) is 0. The average molecular weight is 377 g/mol. The van der Waals surface area contributed by atoms with Crippen LogP contribution in [0.4, 0.5) is 0 Å². The van der Waals surface area contributed by atoms with Crippen molar-refractivity contribution < 1.29 is 9.53 Å². The predicted octanol–water partition coefficient (Wildman–Crippen LogP) is 3.22. The van der Waals surface area contributed by atoms with Crippen LogP contribution in [0.5, 0.6) is 0 Å². The summed E-state index contributed by atoms with van der Waals surface area (Å²) in [5.74, 6) is 0.428. The minimum atomic E-state index is -0.297. The van der Waals surface area contributed by atoms with E-state index in [0.717, 1.165) is 25.0 Å². The lowest BCUT2D eigenvalue weighted by Crippen LogP contribution is -2.43. The lowest BCUT2D eigenvalue weighted by Gasteiger charge is -2.27. The summed E-state index contributed by atoms with van der Waals surface area (Å²) < 4.78 is 5.78. The highest BCUT2D eigenvalue weighted by Gasteiger charge is 2.32. The Morgan fingerprint density at radius 1 is 1.46 bits per heavy atom. The molecule has 2 heterocycles. The van der Waals surface area contributed by atoms with Crippen LogP contribution in [-0.2, 0) is 16.1 Å². The van der Waals surface area contributed by atoms with Crippen LogP contribution in [-0.4, -0.2) is 40.0 Å². The molecule has 0 aromatic carbocycles. The normalized spacial score (nSPS) is 17.6. The summed E-state index contributed by atoms with van der Waals surface area (Å²) in [5, 5.41) is 3.17. The Kier molecular flexibility index (Phi) is 7.66. The molecule has 26 heavy (non-hydrogen) atoms. The van der Waals surface area contributed by atoms with Gasteiger partial charge in [0.2, 0.25) is 5.91 Å². The highest BCUT2D eigenvalue weighted by atomic mass is 35.5. The highest BCUT2D eigenvalue weighted by molar-refractivity contribution is 6.29. The molecule has 6 nitrogen and oxygen atoms in total. The van der Waals surface area contributed by atoms with Gasteiger partial charge in [-0.3, -0.25) is 9.78 Å². The maximum Gasteiger partial charge on any atom is 0.243 e. The molecule has 7 heteroatoms. The van der Waals surface area contributed by atoms with Gasteiger partial charge in [0.15, 0.2) is 11.0 Å². The van der Waals surface area contributed by atoms with Crippen molar-refractivity contribution in [2.24, 2.45) is 0 Å². The lowest BCUT2D eigenvalue weighted by molar-refractivity contribution is -0.125. The third-order valence-corrected chi connectivity index (χ3v) is 4.50. The molecule has 0 spiro atoms. The van der Waals surface area contributed by atoms with E-state index in [2.05, 4.69) is 21.9 Å². The van der Waals surface area contributed by atoms with E-state index in [1.165, 1.54) is 6.20 Å². The van der Waals surface area contributed by atoms with E-state index in [1.54, 1.807) is 6.20 Å². The van der Waals surface area contributed by atoms with Crippen molar-refractivity contribution in [3.05, 3.63) is 59.5 Å². The number of aromatic nitrogens is 2. The third-order valence-electron chi connectivity index (χ3n) is 4.19. The number of carbonyl (C=O) groups is 1. The van der Waals surface area contributed by atoms with Crippen LogP contribution in [0.1, 0.15) is 32.4 Å². The van der Waals surface area contributed by atoms with Crippen molar-refractivity contribution >= 4 is 17.5 Å². The first-order chi connectivity index (χ1) is 12.6. The number of rotatable bonds is 8. The number of nitrogens with one attached hydrogen (secondary N) is 1. The molecule has 2 rings (SSSR count). The molecule has 1 atom stereocenters. The molecule has 0 saturated carbocycles. The summed E-state index contributed by atoms with van der Waals surface area (Å²) in [5.41, 5.74) is 1.61. The second-order valence-electron chi connectivity index (χ2n) is 5.91. The molecule has 140 valence electrons. The summed E-state index contributed by atoms with van der Waals surface area (Å²) in [6.45, 7) is 9.34. The molecule has 1 saturated heterocycles. The van der Waals surface area contributed by atoms with Crippen molar-refractivity contribution in [2.75, 3.05) is 13.2 Å². The van der Waals surface area contributed by atoms with Crippen molar-refractivity contribution in [1.82, 2.24) is 20.2 Å². The molecule has 1 amide bonds. The highest BCUT2D eigenvalue weighted by Crippen LogP contribution is 2.23. The average Bonchev–Trinajstić information content (AvgIpc) is 3.14. The van der Waals surface area contributed by atoms with Gasteiger partial charge in [-0.2, -0.15) is 0 Å². The quantitative estimate of drug-likeness (QED) is 0.557. The summed E-state index contributed by atoms with van der Waals surface area (Å²) in [4.78, 5) is 22.6. The second kappa shape index (κ2) is 9.97. The van der Waals surface area contributed by atoms with Gasteiger partial charge in [0.05, 0.1) is 12.2 Å². The zero-order valence-corrected chi connectivity index (χ0v) is 16.0. The van der Waals surface area contributed by atoms with Crippen LogP contribution < -0.4 is 5.32 Å². The van der Waals surface area contributed by atoms with Crippen LogP contribution in [0, 0.1) is 0 Å². The number of nitrogens with zero attached hydrogens (tertiary/aromatic N) is 3. The molecule has 1 unspecified atom stereocenters. The van der Waals surface area contributed by atoms with Crippen molar-refractivity contribution in [2.45, 2.75) is 39.3 Å². The van der Waals surface area contributed by atoms with E-state index >= 15 is 0 Å². The van der Waals surface area contributed by atoms with Crippen molar-refractivity contribution in [3.63, 3.8) is 0 Å². The zero-order chi connectivity index (χ0) is 18.9. The van der Waals surface area contributed by atoms with Gasteiger partial charge in [0.1, 0.15) is 12.6 Å². The second-order valence-corrected chi connectivity index (χ2v) is 6.27. The molecule has 1 N–H and O–H groups in total. The van der Waals surface area contributed by atoms with Gasteiger partial charge in [-0.25, -0.2) is 4.98 Å². The molecule has 1 fully saturated rings. The summed E-state index contributed by atoms with van der Waals surface area (Å²) in [6, 6.07) is -0.297. The molecule has 1 aromatic heterocycles. The van der Waals surface area contributed by atoms with E-state index in [1.807, 2.05) is 37.0 Å². The number of hydrogen-bond donors (Lipinski definition) is 1. The maximum absolute atomic E-state index is 12.6. The zero-order valence-electron chi connectivity index (χ0n) is 15.2. The molecular formula is C19H25ClN4O2. The fourth-order valence-electron chi connectivity index (χ4n) is 2.79. The van der Waals surface area contributed by atoms with Gasteiger partial charge in [-0.1, -0.05) is 29.8 Å².